The Kier molecular flexibility index (Phi) is 5.93. The number of aliphatic hydroxyl groups is 4. The van der Waals surface area contributed by atoms with Crippen molar-refractivity contribution >= 4 is 5.91 Å². The minimum Gasteiger partial charge on any atom is -0.394 e. The van der Waals surface area contributed by atoms with Crippen molar-refractivity contribution in [1.29, 1.82) is 0 Å². The van der Waals surface area contributed by atoms with Gasteiger partial charge in [0, 0.05) is 6.42 Å². The molecule has 1 aliphatic rings. The van der Waals surface area contributed by atoms with Gasteiger partial charge in [0.2, 0.25) is 5.91 Å². The molecular weight excluding hydrogens is 246 g/mol. The van der Waals surface area contributed by atoms with Gasteiger partial charge in [0.1, 0.15) is 24.4 Å². The molecule has 0 radical (unpaired) electrons. The zero-order chi connectivity index (χ0) is 13.7. The SMILES string of the molecule is NC(=O)CCCO[C@H]1O[C@H](CO)[C@@H](O)[C@H](O)[C@H]1O. The van der Waals surface area contributed by atoms with Crippen LogP contribution in [-0.4, -0.2) is 70.3 Å². The van der Waals surface area contributed by atoms with Gasteiger partial charge in [-0.3, -0.25) is 4.79 Å². The molecule has 18 heavy (non-hydrogen) atoms. The van der Waals surface area contributed by atoms with Gasteiger partial charge in [-0.15, -0.1) is 0 Å². The standard InChI is InChI=1S/C10H19NO7/c11-6(13)2-1-3-17-10-9(16)8(15)7(14)5(4-12)18-10/h5,7-10,12,14-16H,1-4H2,(H2,11,13)/t5-,7-,8+,9-,10+/m1/s1. The Bertz CT molecular complexity index is 273. The van der Waals surface area contributed by atoms with Gasteiger partial charge in [0.25, 0.3) is 0 Å². The first-order valence-electron chi connectivity index (χ1n) is 5.67. The Morgan fingerprint density at radius 2 is 1.89 bits per heavy atom. The van der Waals surface area contributed by atoms with E-state index in [1.165, 1.54) is 0 Å². The molecule has 0 aromatic rings. The van der Waals surface area contributed by atoms with E-state index in [2.05, 4.69) is 0 Å². The highest BCUT2D eigenvalue weighted by Gasteiger charge is 2.43. The van der Waals surface area contributed by atoms with Crippen LogP contribution in [0.5, 0.6) is 0 Å². The fraction of sp³-hybridized carbons (Fsp3) is 0.900. The lowest BCUT2D eigenvalue weighted by Crippen LogP contribution is -2.59. The summed E-state index contributed by atoms with van der Waals surface area (Å²) in [6.07, 6.45) is -5.95. The van der Waals surface area contributed by atoms with E-state index >= 15 is 0 Å². The number of carbonyl (C=O) groups excluding carboxylic acids is 1. The minimum atomic E-state index is -1.46. The summed E-state index contributed by atoms with van der Waals surface area (Å²) in [6.45, 7) is -0.405. The average molecular weight is 265 g/mol. The Hall–Kier alpha value is -0.770. The van der Waals surface area contributed by atoms with Gasteiger partial charge in [-0.1, -0.05) is 0 Å². The van der Waals surface area contributed by atoms with Crippen molar-refractivity contribution in [2.24, 2.45) is 5.73 Å². The first-order chi connectivity index (χ1) is 8.47. The molecule has 1 saturated heterocycles. The number of amides is 1. The fourth-order valence-corrected chi connectivity index (χ4v) is 1.65. The van der Waals surface area contributed by atoms with Crippen molar-refractivity contribution in [1.82, 2.24) is 0 Å². The summed E-state index contributed by atoms with van der Waals surface area (Å²) in [5.74, 6) is -0.465. The van der Waals surface area contributed by atoms with Crippen molar-refractivity contribution in [3.05, 3.63) is 0 Å². The Balaban J connectivity index is 2.41. The smallest absolute Gasteiger partial charge is 0.217 e. The minimum absolute atomic E-state index is 0.103. The summed E-state index contributed by atoms with van der Waals surface area (Å²) in [6, 6.07) is 0. The summed E-state index contributed by atoms with van der Waals surface area (Å²) in [4.78, 5) is 10.5. The van der Waals surface area contributed by atoms with Crippen LogP contribution in [0.15, 0.2) is 0 Å². The van der Waals surface area contributed by atoms with Crippen molar-refractivity contribution in [2.45, 2.75) is 43.5 Å². The van der Waals surface area contributed by atoms with Crippen LogP contribution in [0.2, 0.25) is 0 Å². The number of primary amides is 1. The second-order valence-electron chi connectivity index (χ2n) is 4.14. The van der Waals surface area contributed by atoms with Gasteiger partial charge < -0.3 is 35.6 Å². The summed E-state index contributed by atoms with van der Waals surface area (Å²) < 4.78 is 10.2. The molecule has 1 heterocycles. The highest BCUT2D eigenvalue weighted by atomic mass is 16.7. The van der Waals surface area contributed by atoms with E-state index in [4.69, 9.17) is 20.3 Å². The van der Waals surface area contributed by atoms with E-state index < -0.39 is 43.2 Å². The molecule has 6 N–H and O–H groups in total. The summed E-state index contributed by atoms with van der Waals surface area (Å²) in [5.41, 5.74) is 4.94. The van der Waals surface area contributed by atoms with Gasteiger partial charge in [0.15, 0.2) is 6.29 Å². The molecule has 8 heteroatoms. The van der Waals surface area contributed by atoms with Gasteiger partial charge in [0.05, 0.1) is 13.2 Å². The molecule has 1 rings (SSSR count). The molecule has 5 atom stereocenters. The van der Waals surface area contributed by atoms with E-state index in [9.17, 15) is 20.1 Å². The maximum atomic E-state index is 10.5. The van der Waals surface area contributed by atoms with Crippen LogP contribution < -0.4 is 5.73 Å². The van der Waals surface area contributed by atoms with Crippen LogP contribution in [0.4, 0.5) is 0 Å². The fourth-order valence-electron chi connectivity index (χ4n) is 1.65. The van der Waals surface area contributed by atoms with Crippen LogP contribution in [-0.2, 0) is 14.3 Å². The van der Waals surface area contributed by atoms with Crippen LogP contribution in [0, 0.1) is 0 Å². The number of ether oxygens (including phenoxy) is 2. The molecule has 1 fully saturated rings. The summed E-state index contributed by atoms with van der Waals surface area (Å²) >= 11 is 0. The molecule has 0 spiro atoms. The van der Waals surface area contributed by atoms with Gasteiger partial charge in [-0.05, 0) is 6.42 Å². The van der Waals surface area contributed by atoms with Crippen molar-refractivity contribution in [2.75, 3.05) is 13.2 Å². The topological polar surface area (TPSA) is 142 Å². The van der Waals surface area contributed by atoms with Gasteiger partial charge in [-0.25, -0.2) is 0 Å². The number of rotatable bonds is 6. The molecule has 0 saturated carbocycles. The van der Waals surface area contributed by atoms with Crippen molar-refractivity contribution < 1.29 is 34.7 Å². The van der Waals surface area contributed by atoms with E-state index in [1.54, 1.807) is 0 Å². The lowest BCUT2D eigenvalue weighted by Gasteiger charge is -2.39. The third-order valence-electron chi connectivity index (χ3n) is 2.70. The zero-order valence-electron chi connectivity index (χ0n) is 9.81. The largest absolute Gasteiger partial charge is 0.394 e. The molecular formula is C10H19NO7. The van der Waals surface area contributed by atoms with E-state index in [1.807, 2.05) is 0 Å². The molecule has 0 bridgehead atoms. The predicted octanol–water partition coefficient (Wildman–Crippen LogP) is -2.93. The maximum Gasteiger partial charge on any atom is 0.217 e. The number of aliphatic hydroxyl groups excluding tert-OH is 4. The number of nitrogens with two attached hydrogens (primary N) is 1. The second kappa shape index (κ2) is 6.98. The first-order valence-corrected chi connectivity index (χ1v) is 5.67. The Morgan fingerprint density at radius 3 is 2.44 bits per heavy atom. The Morgan fingerprint density at radius 1 is 1.22 bits per heavy atom. The average Bonchev–Trinajstić information content (AvgIpc) is 2.34. The second-order valence-corrected chi connectivity index (χ2v) is 4.14. The number of carbonyl (C=O) groups is 1. The van der Waals surface area contributed by atoms with E-state index in [-0.39, 0.29) is 13.0 Å². The molecule has 1 aliphatic heterocycles. The molecule has 8 nitrogen and oxygen atoms in total. The first kappa shape index (κ1) is 15.3. The highest BCUT2D eigenvalue weighted by Crippen LogP contribution is 2.21. The number of hydrogen-bond donors (Lipinski definition) is 5. The van der Waals surface area contributed by atoms with Crippen LogP contribution >= 0.6 is 0 Å². The van der Waals surface area contributed by atoms with Crippen LogP contribution in [0.1, 0.15) is 12.8 Å². The van der Waals surface area contributed by atoms with Crippen molar-refractivity contribution in [3.63, 3.8) is 0 Å². The zero-order valence-corrected chi connectivity index (χ0v) is 9.81. The molecule has 0 aromatic carbocycles. The Labute approximate surface area is 104 Å². The maximum absolute atomic E-state index is 10.5. The predicted molar refractivity (Wildman–Crippen MR) is 58.1 cm³/mol. The molecule has 106 valence electrons. The van der Waals surface area contributed by atoms with Crippen LogP contribution in [0.3, 0.4) is 0 Å². The lowest BCUT2D eigenvalue weighted by molar-refractivity contribution is -0.301. The normalized spacial score (nSPS) is 36.6. The third kappa shape index (κ3) is 3.87. The summed E-state index contributed by atoms with van der Waals surface area (Å²) in [5, 5.41) is 37.5. The van der Waals surface area contributed by atoms with Gasteiger partial charge in [-0.2, -0.15) is 0 Å². The number of hydrogen-bond acceptors (Lipinski definition) is 7. The quantitative estimate of drug-likeness (QED) is 0.323. The van der Waals surface area contributed by atoms with Crippen molar-refractivity contribution in [3.8, 4) is 0 Å². The molecule has 1 amide bonds. The third-order valence-corrected chi connectivity index (χ3v) is 2.70. The highest BCUT2D eigenvalue weighted by molar-refractivity contribution is 5.73. The molecule has 0 unspecified atom stereocenters. The summed E-state index contributed by atoms with van der Waals surface area (Å²) in [7, 11) is 0. The molecule has 0 aromatic heterocycles. The van der Waals surface area contributed by atoms with E-state index in [0.717, 1.165) is 0 Å². The van der Waals surface area contributed by atoms with E-state index in [0.29, 0.717) is 6.42 Å². The van der Waals surface area contributed by atoms with Crippen LogP contribution in [0.25, 0.3) is 0 Å². The molecule has 0 aliphatic carbocycles. The lowest BCUT2D eigenvalue weighted by atomic mass is 9.99. The van der Waals surface area contributed by atoms with Gasteiger partial charge >= 0.3 is 0 Å². The monoisotopic (exact) mass is 265 g/mol.